The monoisotopic (exact) mass is 290 g/mol. The van der Waals surface area contributed by atoms with Crippen LogP contribution in [0.2, 0.25) is 0 Å². The van der Waals surface area contributed by atoms with Crippen molar-refractivity contribution in [2.75, 3.05) is 33.5 Å². The van der Waals surface area contributed by atoms with E-state index in [4.69, 9.17) is 9.47 Å². The van der Waals surface area contributed by atoms with Gasteiger partial charge in [0.05, 0.1) is 25.1 Å². The molecule has 2 aromatic heterocycles. The predicted molar refractivity (Wildman–Crippen MR) is 80.8 cm³/mol. The molecular weight excluding hydrogens is 268 g/mol. The van der Waals surface area contributed by atoms with E-state index in [-0.39, 0.29) is 0 Å². The van der Waals surface area contributed by atoms with Crippen molar-refractivity contribution in [3.63, 3.8) is 0 Å². The molecule has 0 radical (unpaired) electrons. The van der Waals surface area contributed by atoms with Crippen LogP contribution in [0.4, 0.5) is 0 Å². The van der Waals surface area contributed by atoms with Gasteiger partial charge in [-0.05, 0) is 25.1 Å². The first-order valence-corrected chi connectivity index (χ1v) is 7.12. The summed E-state index contributed by atoms with van der Waals surface area (Å²) in [5.74, 6) is 0. The Bertz CT molecular complexity index is 501. The van der Waals surface area contributed by atoms with Gasteiger partial charge >= 0.3 is 0 Å². The lowest BCUT2D eigenvalue weighted by atomic mass is 10.1. The maximum absolute atomic E-state index is 5.41. The standard InChI is InChI=1S/C15H22N4O2/c1-20-8-9-21-7-3-6-17-11-14-12-18-19-15(14)13-4-2-5-16-10-13/h2,4-5,10,12,17H,3,6-9,11H2,1H3,(H,18,19). The minimum atomic E-state index is 0.650. The van der Waals surface area contributed by atoms with E-state index in [1.807, 2.05) is 24.5 Å². The van der Waals surface area contributed by atoms with Gasteiger partial charge in [-0.15, -0.1) is 0 Å². The summed E-state index contributed by atoms with van der Waals surface area (Å²) in [5, 5.41) is 10.5. The van der Waals surface area contributed by atoms with E-state index in [2.05, 4.69) is 20.5 Å². The smallest absolute Gasteiger partial charge is 0.0710 e. The number of methoxy groups -OCH3 is 1. The Kier molecular flexibility index (Phi) is 6.87. The van der Waals surface area contributed by atoms with E-state index >= 15 is 0 Å². The van der Waals surface area contributed by atoms with E-state index in [9.17, 15) is 0 Å². The van der Waals surface area contributed by atoms with Crippen LogP contribution in [0.5, 0.6) is 0 Å². The van der Waals surface area contributed by atoms with Crippen LogP contribution in [0, 0.1) is 0 Å². The van der Waals surface area contributed by atoms with Crippen LogP contribution in [0.25, 0.3) is 11.3 Å². The van der Waals surface area contributed by atoms with Crippen LogP contribution < -0.4 is 5.32 Å². The van der Waals surface area contributed by atoms with E-state index in [1.165, 1.54) is 0 Å². The third kappa shape index (κ3) is 5.26. The van der Waals surface area contributed by atoms with E-state index in [0.29, 0.717) is 13.2 Å². The van der Waals surface area contributed by atoms with Crippen molar-refractivity contribution in [3.8, 4) is 11.3 Å². The summed E-state index contributed by atoms with van der Waals surface area (Å²) in [5.41, 5.74) is 3.21. The molecule has 2 rings (SSSR count). The van der Waals surface area contributed by atoms with Crippen molar-refractivity contribution in [1.29, 1.82) is 0 Å². The van der Waals surface area contributed by atoms with E-state index in [1.54, 1.807) is 13.3 Å². The number of hydrogen-bond donors (Lipinski definition) is 2. The van der Waals surface area contributed by atoms with Gasteiger partial charge in [-0.1, -0.05) is 0 Å². The molecule has 2 aromatic rings. The van der Waals surface area contributed by atoms with Gasteiger partial charge in [-0.2, -0.15) is 5.10 Å². The Morgan fingerprint density at radius 2 is 2.19 bits per heavy atom. The number of nitrogens with one attached hydrogen (secondary N) is 2. The Morgan fingerprint density at radius 3 is 3.00 bits per heavy atom. The van der Waals surface area contributed by atoms with Gasteiger partial charge in [0, 0.05) is 43.8 Å². The Labute approximate surface area is 124 Å². The number of aromatic amines is 1. The molecule has 2 N–H and O–H groups in total. The van der Waals surface area contributed by atoms with Crippen molar-refractivity contribution in [3.05, 3.63) is 36.3 Å². The summed E-state index contributed by atoms with van der Waals surface area (Å²) in [6.07, 6.45) is 6.43. The first kappa shape index (κ1) is 15.6. The molecule has 0 atom stereocenters. The topological polar surface area (TPSA) is 72.1 Å². The fourth-order valence-electron chi connectivity index (χ4n) is 1.97. The minimum absolute atomic E-state index is 0.650. The normalized spacial score (nSPS) is 10.9. The fraction of sp³-hybridized carbons (Fsp3) is 0.467. The number of pyridine rings is 1. The molecular formula is C15H22N4O2. The second kappa shape index (κ2) is 9.23. The summed E-state index contributed by atoms with van der Waals surface area (Å²) >= 11 is 0. The van der Waals surface area contributed by atoms with Crippen LogP contribution in [0.15, 0.2) is 30.7 Å². The Balaban J connectivity index is 1.69. The highest BCUT2D eigenvalue weighted by atomic mass is 16.5. The number of aromatic nitrogens is 3. The Morgan fingerprint density at radius 1 is 1.24 bits per heavy atom. The fourth-order valence-corrected chi connectivity index (χ4v) is 1.97. The van der Waals surface area contributed by atoms with Crippen LogP contribution in [0.3, 0.4) is 0 Å². The lowest BCUT2D eigenvalue weighted by Gasteiger charge is -2.06. The van der Waals surface area contributed by atoms with Gasteiger partial charge in [0.2, 0.25) is 0 Å². The van der Waals surface area contributed by atoms with Crippen molar-refractivity contribution >= 4 is 0 Å². The number of rotatable bonds is 10. The van der Waals surface area contributed by atoms with E-state index in [0.717, 1.165) is 42.9 Å². The van der Waals surface area contributed by atoms with Crippen LogP contribution in [0.1, 0.15) is 12.0 Å². The maximum atomic E-state index is 5.41. The lowest BCUT2D eigenvalue weighted by Crippen LogP contribution is -2.17. The average molecular weight is 290 g/mol. The number of nitrogens with zero attached hydrogens (tertiary/aromatic N) is 2. The summed E-state index contributed by atoms with van der Waals surface area (Å²) in [6.45, 7) is 3.74. The molecule has 6 heteroatoms. The molecule has 114 valence electrons. The molecule has 0 bridgehead atoms. The first-order chi connectivity index (χ1) is 10.4. The molecule has 0 spiro atoms. The molecule has 0 fully saturated rings. The quantitative estimate of drug-likeness (QED) is 0.651. The van der Waals surface area contributed by atoms with Gasteiger partial charge in [-0.25, -0.2) is 0 Å². The van der Waals surface area contributed by atoms with E-state index < -0.39 is 0 Å². The summed E-state index contributed by atoms with van der Waals surface area (Å²) < 4.78 is 10.3. The molecule has 0 aliphatic carbocycles. The van der Waals surface area contributed by atoms with Crippen molar-refractivity contribution in [1.82, 2.24) is 20.5 Å². The van der Waals surface area contributed by atoms with Crippen molar-refractivity contribution in [2.45, 2.75) is 13.0 Å². The molecule has 0 aromatic carbocycles. The van der Waals surface area contributed by atoms with Crippen molar-refractivity contribution < 1.29 is 9.47 Å². The highest BCUT2D eigenvalue weighted by Gasteiger charge is 2.06. The van der Waals surface area contributed by atoms with Crippen LogP contribution >= 0.6 is 0 Å². The third-order valence-electron chi connectivity index (χ3n) is 3.06. The van der Waals surface area contributed by atoms with Crippen LogP contribution in [-0.2, 0) is 16.0 Å². The SMILES string of the molecule is COCCOCCCNCc1cn[nH]c1-c1cccnc1. The average Bonchev–Trinajstić information content (AvgIpc) is 2.99. The van der Waals surface area contributed by atoms with Gasteiger partial charge in [0.25, 0.3) is 0 Å². The zero-order valence-corrected chi connectivity index (χ0v) is 12.3. The van der Waals surface area contributed by atoms with Gasteiger partial charge < -0.3 is 14.8 Å². The summed E-state index contributed by atoms with van der Waals surface area (Å²) in [4.78, 5) is 4.13. The zero-order chi connectivity index (χ0) is 14.8. The first-order valence-electron chi connectivity index (χ1n) is 7.12. The maximum Gasteiger partial charge on any atom is 0.0710 e. The molecule has 0 aliphatic rings. The predicted octanol–water partition coefficient (Wildman–Crippen LogP) is 1.61. The van der Waals surface area contributed by atoms with Gasteiger partial charge in [0.1, 0.15) is 0 Å². The summed E-state index contributed by atoms with van der Waals surface area (Å²) in [6, 6.07) is 3.94. The minimum Gasteiger partial charge on any atom is -0.382 e. The molecule has 0 unspecified atom stereocenters. The highest BCUT2D eigenvalue weighted by Crippen LogP contribution is 2.19. The molecule has 0 saturated carbocycles. The zero-order valence-electron chi connectivity index (χ0n) is 12.3. The second-order valence-corrected chi connectivity index (χ2v) is 4.65. The van der Waals surface area contributed by atoms with Crippen LogP contribution in [-0.4, -0.2) is 48.7 Å². The Hall–Kier alpha value is -1.76. The number of hydrogen-bond acceptors (Lipinski definition) is 5. The largest absolute Gasteiger partial charge is 0.382 e. The molecule has 0 amide bonds. The molecule has 6 nitrogen and oxygen atoms in total. The third-order valence-corrected chi connectivity index (χ3v) is 3.06. The molecule has 2 heterocycles. The van der Waals surface area contributed by atoms with Gasteiger partial charge in [-0.3, -0.25) is 10.1 Å². The molecule has 21 heavy (non-hydrogen) atoms. The molecule has 0 saturated heterocycles. The highest BCUT2D eigenvalue weighted by molar-refractivity contribution is 5.61. The summed E-state index contributed by atoms with van der Waals surface area (Å²) in [7, 11) is 1.68. The second-order valence-electron chi connectivity index (χ2n) is 4.65. The van der Waals surface area contributed by atoms with Crippen molar-refractivity contribution in [2.24, 2.45) is 0 Å². The number of ether oxygens (including phenoxy) is 2. The number of H-pyrrole nitrogens is 1. The molecule has 0 aliphatic heterocycles. The lowest BCUT2D eigenvalue weighted by molar-refractivity contribution is 0.0695. The van der Waals surface area contributed by atoms with Gasteiger partial charge in [0.15, 0.2) is 0 Å².